The van der Waals surface area contributed by atoms with Gasteiger partial charge in [0, 0.05) is 26.2 Å². The second-order valence-corrected chi connectivity index (χ2v) is 7.46. The summed E-state index contributed by atoms with van der Waals surface area (Å²) in [4.78, 5) is 14.8. The van der Waals surface area contributed by atoms with Crippen LogP contribution in [0.4, 0.5) is 0 Å². The third-order valence-corrected chi connectivity index (χ3v) is 5.38. The van der Waals surface area contributed by atoms with Crippen molar-refractivity contribution in [2.24, 2.45) is 0 Å². The number of halogens is 2. The monoisotopic (exact) mass is 456 g/mol. The van der Waals surface area contributed by atoms with E-state index in [0.29, 0.717) is 18.3 Å². The number of hydrogen-bond donors (Lipinski definition) is 2. The number of rotatable bonds is 6. The molecule has 1 amide bonds. The number of nitrogens with zero attached hydrogens (tertiary/aromatic N) is 4. The zero-order valence-electron chi connectivity index (χ0n) is 17.0. The quantitative estimate of drug-likeness (QED) is 0.689. The molecule has 30 heavy (non-hydrogen) atoms. The number of aromatic nitrogens is 3. The van der Waals surface area contributed by atoms with Crippen LogP contribution in [0.25, 0.3) is 0 Å². The normalized spacial score (nSPS) is 17.6. The van der Waals surface area contributed by atoms with Crippen molar-refractivity contribution >= 4 is 30.7 Å². The van der Waals surface area contributed by atoms with E-state index < -0.39 is 0 Å². The molecular formula is C20H30Cl2N6O2. The summed E-state index contributed by atoms with van der Waals surface area (Å²) in [5.41, 5.74) is 2.72. The van der Waals surface area contributed by atoms with Crippen molar-refractivity contribution in [2.75, 3.05) is 39.4 Å². The first-order valence-corrected chi connectivity index (χ1v) is 10.1. The Kier molecular flexibility index (Phi) is 10.0. The standard InChI is InChI=1S/C20H28N6O2.2ClH/c27-20(19-15-26(24-23-19)18-4-6-21-7-5-18)22-13-16-2-1-3-17(12-16)14-25-8-10-28-11-9-25;;/h1-3,12,15,18,21H,4-11,13-14H2,(H,22,27);2*1H. The second-order valence-electron chi connectivity index (χ2n) is 7.46. The lowest BCUT2D eigenvalue weighted by atomic mass is 10.1. The summed E-state index contributed by atoms with van der Waals surface area (Å²) in [5, 5.41) is 14.5. The molecule has 8 nitrogen and oxygen atoms in total. The SMILES string of the molecule is Cl.Cl.O=C(NCc1cccc(CN2CCOCC2)c1)c1cn(C2CCNCC2)nn1. The number of piperidine rings is 1. The molecule has 1 aromatic carbocycles. The molecule has 0 atom stereocenters. The number of nitrogens with one attached hydrogen (secondary N) is 2. The van der Waals surface area contributed by atoms with Crippen molar-refractivity contribution in [1.29, 1.82) is 0 Å². The largest absolute Gasteiger partial charge is 0.379 e. The Morgan fingerprint density at radius 3 is 2.67 bits per heavy atom. The smallest absolute Gasteiger partial charge is 0.273 e. The lowest BCUT2D eigenvalue weighted by Gasteiger charge is -2.26. The first kappa shape index (κ1) is 24.6. The molecule has 2 fully saturated rings. The van der Waals surface area contributed by atoms with Crippen LogP contribution in [0.5, 0.6) is 0 Å². The van der Waals surface area contributed by atoms with E-state index in [2.05, 4.69) is 38.0 Å². The number of morpholine rings is 1. The summed E-state index contributed by atoms with van der Waals surface area (Å²) in [7, 11) is 0. The van der Waals surface area contributed by atoms with Gasteiger partial charge < -0.3 is 15.4 Å². The van der Waals surface area contributed by atoms with Crippen molar-refractivity contribution < 1.29 is 9.53 Å². The number of hydrogen-bond acceptors (Lipinski definition) is 6. The van der Waals surface area contributed by atoms with Gasteiger partial charge in [0.2, 0.25) is 0 Å². The van der Waals surface area contributed by atoms with Gasteiger partial charge >= 0.3 is 0 Å². The number of benzene rings is 1. The number of ether oxygens (including phenoxy) is 1. The zero-order valence-corrected chi connectivity index (χ0v) is 18.6. The van der Waals surface area contributed by atoms with Crippen LogP contribution in [-0.2, 0) is 17.8 Å². The Labute approximate surface area is 189 Å². The van der Waals surface area contributed by atoms with E-state index in [-0.39, 0.29) is 30.7 Å². The predicted octanol–water partition coefficient (Wildman–Crippen LogP) is 1.81. The molecule has 2 aliphatic heterocycles. The summed E-state index contributed by atoms with van der Waals surface area (Å²) >= 11 is 0. The maximum absolute atomic E-state index is 12.5. The summed E-state index contributed by atoms with van der Waals surface area (Å²) in [5.74, 6) is -0.182. The van der Waals surface area contributed by atoms with Gasteiger partial charge in [-0.15, -0.1) is 29.9 Å². The van der Waals surface area contributed by atoms with Crippen LogP contribution in [0.15, 0.2) is 30.5 Å². The Morgan fingerprint density at radius 1 is 1.17 bits per heavy atom. The van der Waals surface area contributed by atoms with E-state index in [0.717, 1.165) is 64.3 Å². The molecule has 2 saturated heterocycles. The zero-order chi connectivity index (χ0) is 19.2. The Hall–Kier alpha value is -1.71. The lowest BCUT2D eigenvalue weighted by molar-refractivity contribution is 0.0342. The minimum Gasteiger partial charge on any atom is -0.379 e. The maximum Gasteiger partial charge on any atom is 0.273 e. The van der Waals surface area contributed by atoms with Gasteiger partial charge in [-0.1, -0.05) is 29.5 Å². The topological polar surface area (TPSA) is 84.3 Å². The van der Waals surface area contributed by atoms with Crippen LogP contribution in [0.3, 0.4) is 0 Å². The van der Waals surface area contributed by atoms with Gasteiger partial charge in [0.15, 0.2) is 5.69 Å². The summed E-state index contributed by atoms with van der Waals surface area (Å²) in [6, 6.07) is 8.69. The van der Waals surface area contributed by atoms with Crippen LogP contribution < -0.4 is 10.6 Å². The van der Waals surface area contributed by atoms with Gasteiger partial charge in [-0.2, -0.15) is 0 Å². The highest BCUT2D eigenvalue weighted by Gasteiger charge is 2.18. The van der Waals surface area contributed by atoms with Crippen molar-refractivity contribution in [1.82, 2.24) is 30.5 Å². The van der Waals surface area contributed by atoms with Crippen LogP contribution in [-0.4, -0.2) is 65.2 Å². The summed E-state index contributed by atoms with van der Waals surface area (Å²) in [6.07, 6.45) is 3.79. The molecule has 4 rings (SSSR count). The Morgan fingerprint density at radius 2 is 1.90 bits per heavy atom. The number of carbonyl (C=O) groups is 1. The van der Waals surface area contributed by atoms with E-state index in [1.807, 2.05) is 16.8 Å². The van der Waals surface area contributed by atoms with E-state index in [1.54, 1.807) is 6.20 Å². The molecular weight excluding hydrogens is 427 g/mol. The molecule has 0 bridgehead atoms. The van der Waals surface area contributed by atoms with Crippen LogP contribution in [0.2, 0.25) is 0 Å². The third kappa shape index (κ3) is 6.65. The van der Waals surface area contributed by atoms with E-state index in [1.165, 1.54) is 5.56 Å². The Bertz CT molecular complexity index is 791. The van der Waals surface area contributed by atoms with Crippen molar-refractivity contribution in [3.05, 3.63) is 47.3 Å². The second kappa shape index (κ2) is 12.2. The van der Waals surface area contributed by atoms with Gasteiger partial charge in [0.1, 0.15) is 0 Å². The number of amides is 1. The summed E-state index contributed by atoms with van der Waals surface area (Å²) in [6.45, 7) is 6.88. The average Bonchev–Trinajstić information content (AvgIpc) is 3.24. The van der Waals surface area contributed by atoms with Gasteiger partial charge in [0.05, 0.1) is 25.5 Å². The van der Waals surface area contributed by atoms with Crippen LogP contribution >= 0.6 is 24.8 Å². The molecule has 0 radical (unpaired) electrons. The molecule has 2 aromatic rings. The molecule has 166 valence electrons. The van der Waals surface area contributed by atoms with Crippen molar-refractivity contribution in [3.63, 3.8) is 0 Å². The highest BCUT2D eigenvalue weighted by atomic mass is 35.5. The molecule has 0 spiro atoms. The fraction of sp³-hybridized carbons (Fsp3) is 0.550. The molecule has 0 aliphatic carbocycles. The van der Waals surface area contributed by atoms with E-state index >= 15 is 0 Å². The first-order valence-electron chi connectivity index (χ1n) is 10.1. The first-order chi connectivity index (χ1) is 13.8. The van der Waals surface area contributed by atoms with Crippen LogP contribution in [0.1, 0.15) is 40.5 Å². The summed E-state index contributed by atoms with van der Waals surface area (Å²) < 4.78 is 7.24. The molecule has 2 N–H and O–H groups in total. The molecule has 0 unspecified atom stereocenters. The van der Waals surface area contributed by atoms with Crippen LogP contribution in [0, 0.1) is 0 Å². The van der Waals surface area contributed by atoms with Crippen molar-refractivity contribution in [2.45, 2.75) is 32.0 Å². The highest BCUT2D eigenvalue weighted by Crippen LogP contribution is 2.17. The van der Waals surface area contributed by atoms with Gasteiger partial charge in [-0.25, -0.2) is 4.68 Å². The fourth-order valence-corrected chi connectivity index (χ4v) is 3.76. The predicted molar refractivity (Wildman–Crippen MR) is 119 cm³/mol. The lowest BCUT2D eigenvalue weighted by Crippen LogP contribution is -2.35. The molecule has 1 aromatic heterocycles. The molecule has 3 heterocycles. The minimum atomic E-state index is -0.182. The van der Waals surface area contributed by atoms with Gasteiger partial charge in [-0.3, -0.25) is 9.69 Å². The van der Waals surface area contributed by atoms with Gasteiger partial charge in [0.25, 0.3) is 5.91 Å². The molecule has 2 aliphatic rings. The Balaban J connectivity index is 0.00000160. The van der Waals surface area contributed by atoms with E-state index in [4.69, 9.17) is 4.74 Å². The third-order valence-electron chi connectivity index (χ3n) is 5.38. The molecule has 0 saturated carbocycles. The van der Waals surface area contributed by atoms with Crippen molar-refractivity contribution in [3.8, 4) is 0 Å². The average molecular weight is 457 g/mol. The minimum absolute atomic E-state index is 0. The highest BCUT2D eigenvalue weighted by molar-refractivity contribution is 5.91. The number of carbonyl (C=O) groups excluding carboxylic acids is 1. The maximum atomic E-state index is 12.5. The molecule has 10 heteroatoms. The van der Waals surface area contributed by atoms with E-state index in [9.17, 15) is 4.79 Å². The fourth-order valence-electron chi connectivity index (χ4n) is 3.76. The van der Waals surface area contributed by atoms with Gasteiger partial charge in [-0.05, 0) is 37.1 Å².